The zero-order valence-electron chi connectivity index (χ0n) is 12.9. The van der Waals surface area contributed by atoms with Gasteiger partial charge in [0.15, 0.2) is 0 Å². The van der Waals surface area contributed by atoms with E-state index in [0.717, 1.165) is 46.8 Å². The number of aromatic nitrogens is 2. The zero-order valence-corrected chi connectivity index (χ0v) is 13.6. The van der Waals surface area contributed by atoms with Gasteiger partial charge in [0, 0.05) is 16.3 Å². The number of halogens is 1. The summed E-state index contributed by atoms with van der Waals surface area (Å²) in [6, 6.07) is 7.78. The molecule has 1 aromatic carbocycles. The number of nitrogens with zero attached hydrogens (tertiary/aromatic N) is 1. The summed E-state index contributed by atoms with van der Waals surface area (Å²) in [6.45, 7) is 3.86. The van der Waals surface area contributed by atoms with Crippen molar-refractivity contribution in [2.24, 2.45) is 0 Å². The summed E-state index contributed by atoms with van der Waals surface area (Å²) in [5.41, 5.74) is 3.53. The highest BCUT2D eigenvalue weighted by Gasteiger charge is 2.41. The lowest BCUT2D eigenvalue weighted by Gasteiger charge is -2.43. The van der Waals surface area contributed by atoms with Crippen LogP contribution in [0, 0.1) is 13.8 Å². The number of aryl methyl sites for hydroxylation is 2. The van der Waals surface area contributed by atoms with E-state index in [1.54, 1.807) is 0 Å². The standard InChI is InChI=1S/C17H20ClN3O/c1-11-13(12(2)21-20-11)10-16(22)19-17(8-5-9-17)14-6-3-4-7-15(14)18/h3-4,6-7H,5,8-10H2,1-2H3,(H,19,22)(H,20,21). The van der Waals surface area contributed by atoms with E-state index in [0.29, 0.717) is 6.42 Å². The molecule has 1 aliphatic carbocycles. The lowest BCUT2D eigenvalue weighted by atomic mass is 9.71. The predicted octanol–water partition coefficient (Wildman–Crippen LogP) is 3.42. The number of hydrogen-bond acceptors (Lipinski definition) is 2. The summed E-state index contributed by atoms with van der Waals surface area (Å²) in [4.78, 5) is 12.5. The van der Waals surface area contributed by atoms with Gasteiger partial charge in [0.2, 0.25) is 5.91 Å². The lowest BCUT2D eigenvalue weighted by molar-refractivity contribution is -0.123. The number of rotatable bonds is 4. The predicted molar refractivity (Wildman–Crippen MR) is 86.9 cm³/mol. The molecule has 2 aromatic rings. The van der Waals surface area contributed by atoms with Crippen LogP contribution < -0.4 is 5.32 Å². The number of carbonyl (C=O) groups excluding carboxylic acids is 1. The first-order valence-electron chi connectivity index (χ1n) is 7.58. The quantitative estimate of drug-likeness (QED) is 0.907. The molecule has 4 nitrogen and oxygen atoms in total. The van der Waals surface area contributed by atoms with Crippen molar-refractivity contribution in [2.45, 2.75) is 45.1 Å². The van der Waals surface area contributed by atoms with Crippen molar-refractivity contribution in [2.75, 3.05) is 0 Å². The van der Waals surface area contributed by atoms with Crippen LogP contribution in [0.2, 0.25) is 5.02 Å². The van der Waals surface area contributed by atoms with Crippen molar-refractivity contribution >= 4 is 17.5 Å². The maximum atomic E-state index is 12.5. The molecule has 3 rings (SSSR count). The minimum atomic E-state index is -0.305. The van der Waals surface area contributed by atoms with Crippen LogP contribution in [-0.2, 0) is 16.8 Å². The van der Waals surface area contributed by atoms with Crippen LogP contribution in [0.1, 0.15) is 41.8 Å². The van der Waals surface area contributed by atoms with Crippen molar-refractivity contribution in [3.8, 4) is 0 Å². The van der Waals surface area contributed by atoms with Gasteiger partial charge in [0.1, 0.15) is 0 Å². The number of aromatic amines is 1. The number of carbonyl (C=O) groups is 1. The van der Waals surface area contributed by atoms with Crippen LogP contribution in [0.3, 0.4) is 0 Å². The Morgan fingerprint density at radius 3 is 2.64 bits per heavy atom. The lowest BCUT2D eigenvalue weighted by Crippen LogP contribution is -2.51. The van der Waals surface area contributed by atoms with E-state index in [1.807, 2.05) is 38.1 Å². The summed E-state index contributed by atoms with van der Waals surface area (Å²) >= 11 is 6.33. The Balaban J connectivity index is 1.79. The molecule has 5 heteroatoms. The van der Waals surface area contributed by atoms with Crippen molar-refractivity contribution < 1.29 is 4.79 Å². The van der Waals surface area contributed by atoms with Crippen molar-refractivity contribution in [3.63, 3.8) is 0 Å². The van der Waals surface area contributed by atoms with Gasteiger partial charge in [-0.05, 0) is 44.7 Å². The Labute approximate surface area is 135 Å². The minimum Gasteiger partial charge on any atom is -0.346 e. The average Bonchev–Trinajstić information content (AvgIpc) is 2.76. The third-order valence-electron chi connectivity index (χ3n) is 4.59. The third-order valence-corrected chi connectivity index (χ3v) is 4.92. The summed E-state index contributed by atoms with van der Waals surface area (Å²) in [5.74, 6) is 0.0206. The molecular weight excluding hydrogens is 298 g/mol. The first-order valence-corrected chi connectivity index (χ1v) is 7.96. The molecule has 0 atom stereocenters. The van der Waals surface area contributed by atoms with E-state index >= 15 is 0 Å². The number of nitrogens with one attached hydrogen (secondary N) is 2. The van der Waals surface area contributed by atoms with Gasteiger partial charge >= 0.3 is 0 Å². The van der Waals surface area contributed by atoms with Gasteiger partial charge in [-0.3, -0.25) is 9.89 Å². The fourth-order valence-electron chi connectivity index (χ4n) is 3.15. The SMILES string of the molecule is Cc1n[nH]c(C)c1CC(=O)NC1(c2ccccc2Cl)CCC1. The second-order valence-electron chi connectivity index (χ2n) is 6.05. The molecule has 2 N–H and O–H groups in total. The summed E-state index contributed by atoms with van der Waals surface area (Å²) in [7, 11) is 0. The Kier molecular flexibility index (Phi) is 3.96. The maximum absolute atomic E-state index is 12.5. The van der Waals surface area contributed by atoms with Gasteiger partial charge in [-0.25, -0.2) is 0 Å². The summed E-state index contributed by atoms with van der Waals surface area (Å²) in [6.07, 6.45) is 3.33. The second kappa shape index (κ2) is 5.76. The van der Waals surface area contributed by atoms with Gasteiger partial charge in [-0.2, -0.15) is 5.10 Å². The highest BCUT2D eigenvalue weighted by Crippen LogP contribution is 2.43. The molecule has 0 bridgehead atoms. The van der Waals surface area contributed by atoms with Gasteiger partial charge < -0.3 is 5.32 Å². The van der Waals surface area contributed by atoms with E-state index in [9.17, 15) is 4.79 Å². The molecule has 1 heterocycles. The van der Waals surface area contributed by atoms with Crippen LogP contribution in [0.25, 0.3) is 0 Å². The highest BCUT2D eigenvalue weighted by molar-refractivity contribution is 6.31. The molecular formula is C17H20ClN3O. The molecule has 0 spiro atoms. The Bertz CT molecular complexity index is 684. The van der Waals surface area contributed by atoms with Crippen LogP contribution in [0.15, 0.2) is 24.3 Å². The molecule has 116 valence electrons. The van der Waals surface area contributed by atoms with Crippen LogP contribution in [0.5, 0.6) is 0 Å². The Morgan fingerprint density at radius 2 is 2.09 bits per heavy atom. The molecule has 1 fully saturated rings. The smallest absolute Gasteiger partial charge is 0.225 e. The Hall–Kier alpha value is -1.81. The highest BCUT2D eigenvalue weighted by atomic mass is 35.5. The average molecular weight is 318 g/mol. The summed E-state index contributed by atoms with van der Waals surface area (Å²) in [5, 5.41) is 11.0. The largest absolute Gasteiger partial charge is 0.346 e. The molecule has 1 saturated carbocycles. The molecule has 22 heavy (non-hydrogen) atoms. The molecule has 1 aliphatic rings. The van der Waals surface area contributed by atoms with Crippen LogP contribution >= 0.6 is 11.6 Å². The normalized spacial score (nSPS) is 16.1. The molecule has 1 aromatic heterocycles. The van der Waals surface area contributed by atoms with Gasteiger partial charge in [-0.15, -0.1) is 0 Å². The molecule has 1 amide bonds. The monoisotopic (exact) mass is 317 g/mol. The maximum Gasteiger partial charge on any atom is 0.225 e. The number of H-pyrrole nitrogens is 1. The number of amides is 1. The van der Waals surface area contributed by atoms with Gasteiger partial charge in [-0.1, -0.05) is 29.8 Å². The first-order chi connectivity index (χ1) is 10.5. The molecule has 0 unspecified atom stereocenters. The fraction of sp³-hybridized carbons (Fsp3) is 0.412. The zero-order chi connectivity index (χ0) is 15.7. The van der Waals surface area contributed by atoms with Crippen molar-refractivity contribution in [1.82, 2.24) is 15.5 Å². The molecule has 0 saturated heterocycles. The van der Waals surface area contributed by atoms with Crippen LogP contribution in [0.4, 0.5) is 0 Å². The molecule has 0 aliphatic heterocycles. The Morgan fingerprint density at radius 1 is 1.36 bits per heavy atom. The van der Waals surface area contributed by atoms with E-state index in [-0.39, 0.29) is 11.4 Å². The van der Waals surface area contributed by atoms with Crippen LogP contribution in [-0.4, -0.2) is 16.1 Å². The number of benzene rings is 1. The first kappa shape index (κ1) is 15.1. The summed E-state index contributed by atoms with van der Waals surface area (Å²) < 4.78 is 0. The topological polar surface area (TPSA) is 57.8 Å². The van der Waals surface area contributed by atoms with Crippen molar-refractivity contribution in [1.29, 1.82) is 0 Å². The van der Waals surface area contributed by atoms with Gasteiger partial charge in [0.05, 0.1) is 17.7 Å². The second-order valence-corrected chi connectivity index (χ2v) is 6.46. The van der Waals surface area contributed by atoms with E-state index in [1.165, 1.54) is 0 Å². The van der Waals surface area contributed by atoms with E-state index < -0.39 is 0 Å². The molecule has 0 radical (unpaired) electrons. The van der Waals surface area contributed by atoms with Crippen molar-refractivity contribution in [3.05, 3.63) is 51.8 Å². The van der Waals surface area contributed by atoms with Gasteiger partial charge in [0.25, 0.3) is 0 Å². The minimum absolute atomic E-state index is 0.0206. The third kappa shape index (κ3) is 2.63. The van der Waals surface area contributed by atoms with E-state index in [2.05, 4.69) is 15.5 Å². The van der Waals surface area contributed by atoms with E-state index in [4.69, 9.17) is 11.6 Å². The number of hydrogen-bond donors (Lipinski definition) is 2. The fourth-order valence-corrected chi connectivity index (χ4v) is 3.46.